The molecule has 7 heteroatoms. The molecular weight excluding hydrogens is 324 g/mol. The third-order valence-corrected chi connectivity index (χ3v) is 5.05. The number of carbonyl (C=O) groups is 2. The lowest BCUT2D eigenvalue weighted by Crippen LogP contribution is -2.51. The van der Waals surface area contributed by atoms with Gasteiger partial charge in [0.15, 0.2) is 0 Å². The molecule has 1 aliphatic heterocycles. The molecule has 0 spiro atoms. The van der Waals surface area contributed by atoms with Crippen molar-refractivity contribution in [3.05, 3.63) is 35.5 Å². The summed E-state index contributed by atoms with van der Waals surface area (Å²) in [6.45, 7) is 0.633. The monoisotopic (exact) mass is 344 g/mol. The minimum absolute atomic E-state index is 0.0406. The van der Waals surface area contributed by atoms with Gasteiger partial charge >= 0.3 is 0 Å². The fourth-order valence-electron chi connectivity index (χ4n) is 2.92. The van der Waals surface area contributed by atoms with Crippen molar-refractivity contribution in [1.82, 2.24) is 20.2 Å². The van der Waals surface area contributed by atoms with E-state index in [0.717, 1.165) is 35.7 Å². The van der Waals surface area contributed by atoms with Crippen molar-refractivity contribution in [2.45, 2.75) is 31.7 Å². The Labute approximate surface area is 144 Å². The van der Waals surface area contributed by atoms with E-state index in [-0.39, 0.29) is 24.3 Å². The summed E-state index contributed by atoms with van der Waals surface area (Å²) in [6.07, 6.45) is 4.58. The highest BCUT2D eigenvalue weighted by Crippen LogP contribution is 2.23. The van der Waals surface area contributed by atoms with Crippen LogP contribution in [0, 0.1) is 0 Å². The molecular formula is C17H20N4O2S. The number of likely N-dealkylation sites (tertiary alicyclic amines) is 1. The maximum atomic E-state index is 12.6. The van der Waals surface area contributed by atoms with Crippen LogP contribution in [0.4, 0.5) is 0 Å². The van der Waals surface area contributed by atoms with E-state index in [1.54, 1.807) is 18.1 Å². The maximum Gasteiger partial charge on any atom is 0.242 e. The first-order chi connectivity index (χ1) is 11.7. The molecule has 1 saturated heterocycles. The molecule has 0 aliphatic carbocycles. The van der Waals surface area contributed by atoms with Gasteiger partial charge in [-0.15, -0.1) is 11.3 Å². The Kier molecular flexibility index (Phi) is 5.20. The first-order valence-corrected chi connectivity index (χ1v) is 8.94. The fraction of sp³-hybridized carbons (Fsp3) is 0.412. The molecule has 2 aromatic heterocycles. The van der Waals surface area contributed by atoms with Gasteiger partial charge in [-0.05, 0) is 31.4 Å². The van der Waals surface area contributed by atoms with E-state index < -0.39 is 0 Å². The van der Waals surface area contributed by atoms with E-state index in [1.807, 2.05) is 23.6 Å². The normalized spacial score (nSPS) is 17.5. The van der Waals surface area contributed by atoms with Gasteiger partial charge in [-0.2, -0.15) is 0 Å². The number of aromatic nitrogens is 2. The second kappa shape index (κ2) is 7.53. The third kappa shape index (κ3) is 3.62. The molecule has 6 nitrogen and oxygen atoms in total. The van der Waals surface area contributed by atoms with Crippen LogP contribution in [0.5, 0.6) is 0 Å². The van der Waals surface area contributed by atoms with E-state index in [9.17, 15) is 9.59 Å². The van der Waals surface area contributed by atoms with Gasteiger partial charge in [0, 0.05) is 25.2 Å². The van der Waals surface area contributed by atoms with E-state index in [1.165, 1.54) is 11.3 Å². The molecule has 1 fully saturated rings. The van der Waals surface area contributed by atoms with Gasteiger partial charge < -0.3 is 10.2 Å². The first-order valence-electron chi connectivity index (χ1n) is 8.06. The Morgan fingerprint density at radius 3 is 3.00 bits per heavy atom. The Morgan fingerprint density at radius 1 is 1.38 bits per heavy atom. The summed E-state index contributed by atoms with van der Waals surface area (Å²) in [7, 11) is 1.61. The minimum atomic E-state index is -0.356. The predicted molar refractivity (Wildman–Crippen MR) is 92.5 cm³/mol. The number of pyridine rings is 1. The topological polar surface area (TPSA) is 75.2 Å². The van der Waals surface area contributed by atoms with Gasteiger partial charge in [-0.3, -0.25) is 14.6 Å². The molecule has 0 aromatic carbocycles. The third-order valence-electron chi connectivity index (χ3n) is 4.14. The number of rotatable bonds is 4. The number of nitrogens with zero attached hydrogens (tertiary/aromatic N) is 3. The summed E-state index contributed by atoms with van der Waals surface area (Å²) in [4.78, 5) is 35.1. The molecule has 2 aromatic rings. The van der Waals surface area contributed by atoms with Crippen LogP contribution in [0.1, 0.15) is 25.0 Å². The Hall–Kier alpha value is -2.28. The molecule has 1 atom stereocenters. The first kappa shape index (κ1) is 16.6. The van der Waals surface area contributed by atoms with E-state index >= 15 is 0 Å². The van der Waals surface area contributed by atoms with Crippen molar-refractivity contribution < 1.29 is 9.59 Å². The number of hydrogen-bond acceptors (Lipinski definition) is 5. The SMILES string of the molecule is CNC(=O)C1CCCCN1C(=O)Cc1csc(-c2ccccn2)n1. The van der Waals surface area contributed by atoms with Gasteiger partial charge in [-0.25, -0.2) is 4.98 Å². The Morgan fingerprint density at radius 2 is 2.25 bits per heavy atom. The smallest absolute Gasteiger partial charge is 0.242 e. The quantitative estimate of drug-likeness (QED) is 0.919. The summed E-state index contributed by atoms with van der Waals surface area (Å²) >= 11 is 1.48. The van der Waals surface area contributed by atoms with Gasteiger partial charge in [0.05, 0.1) is 17.8 Å². The molecule has 3 rings (SSSR count). The number of piperidine rings is 1. The lowest BCUT2D eigenvalue weighted by Gasteiger charge is -2.34. The number of likely N-dealkylation sites (N-methyl/N-ethyl adjacent to an activating group) is 1. The molecule has 24 heavy (non-hydrogen) atoms. The number of hydrogen-bond donors (Lipinski definition) is 1. The number of nitrogens with one attached hydrogen (secondary N) is 1. The van der Waals surface area contributed by atoms with Crippen molar-refractivity contribution in [1.29, 1.82) is 0 Å². The average molecular weight is 344 g/mol. The summed E-state index contributed by atoms with van der Waals surface area (Å²) in [6, 6.07) is 5.31. The minimum Gasteiger partial charge on any atom is -0.357 e. The van der Waals surface area contributed by atoms with E-state index in [2.05, 4.69) is 15.3 Å². The van der Waals surface area contributed by atoms with Crippen molar-refractivity contribution in [3.63, 3.8) is 0 Å². The fourth-order valence-corrected chi connectivity index (χ4v) is 3.72. The molecule has 0 saturated carbocycles. The average Bonchev–Trinajstić information content (AvgIpc) is 3.10. The van der Waals surface area contributed by atoms with Gasteiger partial charge in [0.25, 0.3) is 0 Å². The van der Waals surface area contributed by atoms with Crippen LogP contribution in [-0.4, -0.2) is 46.3 Å². The highest BCUT2D eigenvalue weighted by Gasteiger charge is 2.31. The lowest BCUT2D eigenvalue weighted by molar-refractivity contribution is -0.141. The highest BCUT2D eigenvalue weighted by molar-refractivity contribution is 7.13. The largest absolute Gasteiger partial charge is 0.357 e. The Bertz CT molecular complexity index is 716. The summed E-state index contributed by atoms with van der Waals surface area (Å²) < 4.78 is 0. The van der Waals surface area contributed by atoms with Crippen molar-refractivity contribution in [2.75, 3.05) is 13.6 Å². The van der Waals surface area contributed by atoms with Gasteiger partial charge in [0.1, 0.15) is 11.0 Å². The number of thiazole rings is 1. The van der Waals surface area contributed by atoms with E-state index in [4.69, 9.17) is 0 Å². The van der Waals surface area contributed by atoms with Gasteiger partial charge in [-0.1, -0.05) is 6.07 Å². The van der Waals surface area contributed by atoms with Gasteiger partial charge in [0.2, 0.25) is 11.8 Å². The van der Waals surface area contributed by atoms with Crippen LogP contribution in [-0.2, 0) is 16.0 Å². The predicted octanol–water partition coefficient (Wildman–Crippen LogP) is 1.87. The van der Waals surface area contributed by atoms with Crippen LogP contribution in [0.15, 0.2) is 29.8 Å². The lowest BCUT2D eigenvalue weighted by atomic mass is 10.0. The van der Waals surface area contributed by atoms with Crippen LogP contribution >= 0.6 is 11.3 Å². The van der Waals surface area contributed by atoms with Crippen molar-refractivity contribution in [2.24, 2.45) is 0 Å². The molecule has 0 radical (unpaired) electrons. The summed E-state index contributed by atoms with van der Waals surface area (Å²) in [5.74, 6) is -0.128. The second-order valence-corrected chi connectivity index (χ2v) is 6.61. The van der Waals surface area contributed by atoms with Crippen LogP contribution in [0.2, 0.25) is 0 Å². The summed E-state index contributed by atoms with van der Waals surface area (Å²) in [5.41, 5.74) is 1.54. The highest BCUT2D eigenvalue weighted by atomic mass is 32.1. The maximum absolute atomic E-state index is 12.6. The molecule has 126 valence electrons. The van der Waals surface area contributed by atoms with Crippen LogP contribution in [0.3, 0.4) is 0 Å². The molecule has 0 bridgehead atoms. The molecule has 2 amide bonds. The van der Waals surface area contributed by atoms with Crippen molar-refractivity contribution >= 4 is 23.2 Å². The zero-order valence-electron chi connectivity index (χ0n) is 13.6. The standard InChI is InChI=1S/C17H20N4O2S/c1-18-16(23)14-7-3-5-9-21(14)15(22)10-12-11-24-17(20-12)13-6-2-4-8-19-13/h2,4,6,8,11,14H,3,5,7,9-10H2,1H3,(H,18,23). The molecule has 1 N–H and O–H groups in total. The Balaban J connectivity index is 1.70. The second-order valence-electron chi connectivity index (χ2n) is 5.75. The zero-order valence-corrected chi connectivity index (χ0v) is 14.4. The van der Waals surface area contributed by atoms with E-state index in [0.29, 0.717) is 6.54 Å². The van der Waals surface area contributed by atoms with Crippen LogP contribution < -0.4 is 5.32 Å². The van der Waals surface area contributed by atoms with Crippen molar-refractivity contribution in [3.8, 4) is 10.7 Å². The number of amides is 2. The number of carbonyl (C=O) groups excluding carboxylic acids is 2. The van der Waals surface area contributed by atoms with Crippen LogP contribution in [0.25, 0.3) is 10.7 Å². The molecule has 1 aliphatic rings. The molecule has 3 heterocycles. The zero-order chi connectivity index (χ0) is 16.9. The molecule has 1 unspecified atom stereocenters. The summed E-state index contributed by atoms with van der Waals surface area (Å²) in [5, 5.41) is 5.35.